The van der Waals surface area contributed by atoms with Gasteiger partial charge in [-0.05, 0) is 12.2 Å². The van der Waals surface area contributed by atoms with Gasteiger partial charge in [-0.2, -0.15) is 0 Å². The Kier molecular flexibility index (Phi) is 7.57. The van der Waals surface area contributed by atoms with E-state index in [1.807, 2.05) is 0 Å². The summed E-state index contributed by atoms with van der Waals surface area (Å²) in [6.07, 6.45) is 4.30. The molecule has 0 heterocycles. The average molecular weight is 172 g/mol. The van der Waals surface area contributed by atoms with Crippen LogP contribution in [0.15, 0.2) is 9.98 Å². The first-order valence-electron chi connectivity index (χ1n) is 3.86. The van der Waals surface area contributed by atoms with E-state index in [0.717, 1.165) is 10.8 Å². The molecule has 0 unspecified atom stereocenters. The van der Waals surface area contributed by atoms with Crippen molar-refractivity contribution in [2.45, 2.75) is 19.8 Å². The van der Waals surface area contributed by atoms with Gasteiger partial charge in [0.1, 0.15) is 5.04 Å². The molecule has 0 bridgehead atoms. The van der Waals surface area contributed by atoms with Gasteiger partial charge in [0.2, 0.25) is 0 Å². The third-order valence-corrected chi connectivity index (χ3v) is 2.28. The van der Waals surface area contributed by atoms with Crippen LogP contribution in [0, 0.1) is 0 Å². The van der Waals surface area contributed by atoms with Crippen LogP contribution in [-0.4, -0.2) is 31.1 Å². The number of nitrogens with zero attached hydrogens (tertiary/aromatic N) is 2. The first-order valence-corrected chi connectivity index (χ1v) is 4.85. The topological polar surface area (TPSA) is 24.7 Å². The lowest BCUT2D eigenvalue weighted by molar-refractivity contribution is 0.898. The van der Waals surface area contributed by atoms with Crippen molar-refractivity contribution in [2.24, 2.45) is 9.98 Å². The predicted octanol–water partition coefficient (Wildman–Crippen LogP) is 2.25. The minimum atomic E-state index is 1.03. The minimum Gasteiger partial charge on any atom is -0.294 e. The molecule has 0 saturated heterocycles. The number of hydrogen-bond acceptors (Lipinski definition) is 3. The molecule has 0 amide bonds. The van der Waals surface area contributed by atoms with Gasteiger partial charge in [-0.15, -0.1) is 11.8 Å². The fourth-order valence-corrected chi connectivity index (χ4v) is 1.54. The van der Waals surface area contributed by atoms with E-state index in [0.29, 0.717) is 0 Å². The van der Waals surface area contributed by atoms with Crippen molar-refractivity contribution < 1.29 is 0 Å². The molecule has 3 heteroatoms. The van der Waals surface area contributed by atoms with Crippen LogP contribution in [0.25, 0.3) is 0 Å². The van der Waals surface area contributed by atoms with Gasteiger partial charge < -0.3 is 0 Å². The molecule has 0 aliphatic heterocycles. The van der Waals surface area contributed by atoms with E-state index in [4.69, 9.17) is 0 Å². The maximum atomic E-state index is 4.08. The van der Waals surface area contributed by atoms with Crippen LogP contribution in [0.3, 0.4) is 0 Å². The van der Waals surface area contributed by atoms with Gasteiger partial charge >= 0.3 is 0 Å². The van der Waals surface area contributed by atoms with E-state index in [1.54, 1.807) is 32.1 Å². The van der Waals surface area contributed by atoms with Crippen molar-refractivity contribution in [3.8, 4) is 0 Å². The third-order valence-electron chi connectivity index (χ3n) is 1.21. The number of hydrogen-bond donors (Lipinski definition) is 0. The lowest BCUT2D eigenvalue weighted by Gasteiger charge is -1.96. The molecule has 0 N–H and O–H groups in total. The second-order valence-electron chi connectivity index (χ2n) is 2.15. The highest BCUT2D eigenvalue weighted by Crippen LogP contribution is 2.05. The Morgan fingerprint density at radius 3 is 2.64 bits per heavy atom. The molecule has 0 aliphatic carbocycles. The zero-order chi connectivity index (χ0) is 8.53. The maximum Gasteiger partial charge on any atom is 0.108 e. The lowest BCUT2D eigenvalue weighted by atomic mass is 10.4. The van der Waals surface area contributed by atoms with Crippen LogP contribution in [0.5, 0.6) is 0 Å². The van der Waals surface area contributed by atoms with E-state index in [2.05, 4.69) is 16.9 Å². The molecule has 0 rings (SSSR count). The van der Waals surface area contributed by atoms with Crippen molar-refractivity contribution in [1.29, 1.82) is 0 Å². The Hall–Kier alpha value is -0.310. The monoisotopic (exact) mass is 172 g/mol. The smallest absolute Gasteiger partial charge is 0.108 e. The van der Waals surface area contributed by atoms with Gasteiger partial charge in [-0.1, -0.05) is 13.3 Å². The molecule has 0 atom stereocenters. The summed E-state index contributed by atoms with van der Waals surface area (Å²) < 4.78 is 0. The molecule has 0 aromatic carbocycles. The summed E-state index contributed by atoms with van der Waals surface area (Å²) in [4.78, 5) is 7.99. The van der Waals surface area contributed by atoms with Gasteiger partial charge in [-0.3, -0.25) is 9.98 Å². The Morgan fingerprint density at radius 2 is 2.18 bits per heavy atom. The van der Waals surface area contributed by atoms with Crippen LogP contribution in [0.2, 0.25) is 0 Å². The molecule has 64 valence electrons. The molecule has 0 aromatic heterocycles. The van der Waals surface area contributed by atoms with E-state index in [-0.39, 0.29) is 0 Å². The Morgan fingerprint density at radius 1 is 1.45 bits per heavy atom. The first-order chi connectivity index (χ1) is 5.35. The summed E-state index contributed by atoms with van der Waals surface area (Å²) in [6.45, 7) is 2.19. The minimum absolute atomic E-state index is 1.03. The summed E-state index contributed by atoms with van der Waals surface area (Å²) >= 11 is 1.77. The first kappa shape index (κ1) is 10.7. The van der Waals surface area contributed by atoms with E-state index >= 15 is 0 Å². The Labute approximate surface area is 73.2 Å². The van der Waals surface area contributed by atoms with Crippen molar-refractivity contribution >= 4 is 23.0 Å². The van der Waals surface area contributed by atoms with Gasteiger partial charge in [-0.25, -0.2) is 0 Å². The quantitative estimate of drug-likeness (QED) is 0.362. The van der Waals surface area contributed by atoms with Crippen LogP contribution in [0.4, 0.5) is 0 Å². The van der Waals surface area contributed by atoms with Crippen molar-refractivity contribution in [3.63, 3.8) is 0 Å². The average Bonchev–Trinajstić information content (AvgIpc) is 2.03. The van der Waals surface area contributed by atoms with Gasteiger partial charge in [0.25, 0.3) is 0 Å². The fourth-order valence-electron chi connectivity index (χ4n) is 0.591. The molecule has 0 spiro atoms. The standard InChI is InChI=1S/C8H16N2S/c1-4-5-6-11-8(10-3)7-9-2/h7H,4-6H2,1-3H3/b9-7+,10-8-. The highest BCUT2D eigenvalue weighted by atomic mass is 32.2. The number of aliphatic imine (C=N–C) groups is 2. The number of unbranched alkanes of at least 4 members (excludes halogenated alkanes) is 1. The highest BCUT2D eigenvalue weighted by molar-refractivity contribution is 8.15. The predicted molar refractivity (Wildman–Crippen MR) is 55.1 cm³/mol. The van der Waals surface area contributed by atoms with Gasteiger partial charge in [0.05, 0.1) is 6.21 Å². The molecule has 0 fully saturated rings. The summed E-state index contributed by atoms with van der Waals surface area (Å²) in [5.41, 5.74) is 0. The summed E-state index contributed by atoms with van der Waals surface area (Å²) in [7, 11) is 3.57. The largest absolute Gasteiger partial charge is 0.294 e. The SMILES string of the molecule is CCCCSC(/C=N/C)=N\C. The van der Waals surface area contributed by atoms with Gasteiger partial charge in [0.15, 0.2) is 0 Å². The van der Waals surface area contributed by atoms with Crippen LogP contribution < -0.4 is 0 Å². The van der Waals surface area contributed by atoms with E-state index < -0.39 is 0 Å². The third kappa shape index (κ3) is 6.10. The second kappa shape index (κ2) is 7.79. The Balaban J connectivity index is 3.54. The molecule has 0 aliphatic rings. The van der Waals surface area contributed by atoms with Crippen molar-refractivity contribution in [3.05, 3.63) is 0 Å². The van der Waals surface area contributed by atoms with Crippen LogP contribution in [0.1, 0.15) is 19.8 Å². The Bertz CT molecular complexity index is 141. The number of rotatable bonds is 4. The van der Waals surface area contributed by atoms with Gasteiger partial charge in [0, 0.05) is 14.1 Å². The van der Waals surface area contributed by atoms with Crippen LogP contribution >= 0.6 is 11.8 Å². The van der Waals surface area contributed by atoms with Crippen LogP contribution in [-0.2, 0) is 0 Å². The summed E-state index contributed by atoms with van der Waals surface area (Å²) in [6, 6.07) is 0. The fraction of sp³-hybridized carbons (Fsp3) is 0.750. The maximum absolute atomic E-state index is 4.08. The zero-order valence-corrected chi connectivity index (χ0v) is 8.32. The molecule has 2 nitrogen and oxygen atoms in total. The normalized spacial score (nSPS) is 12.8. The van der Waals surface area contributed by atoms with Crippen molar-refractivity contribution in [1.82, 2.24) is 0 Å². The molecule has 0 radical (unpaired) electrons. The molecular formula is C8H16N2S. The molecule has 11 heavy (non-hydrogen) atoms. The lowest BCUT2D eigenvalue weighted by Crippen LogP contribution is -1.95. The summed E-state index contributed by atoms with van der Waals surface area (Å²) in [5, 5.41) is 1.03. The summed E-state index contributed by atoms with van der Waals surface area (Å²) in [5.74, 6) is 1.15. The molecular weight excluding hydrogens is 156 g/mol. The van der Waals surface area contributed by atoms with E-state index in [9.17, 15) is 0 Å². The number of thioether (sulfide) groups is 1. The molecule has 0 saturated carbocycles. The van der Waals surface area contributed by atoms with Crippen molar-refractivity contribution in [2.75, 3.05) is 19.8 Å². The second-order valence-corrected chi connectivity index (χ2v) is 3.27. The van der Waals surface area contributed by atoms with E-state index in [1.165, 1.54) is 12.8 Å². The zero-order valence-electron chi connectivity index (χ0n) is 7.50. The molecule has 0 aromatic rings. The highest BCUT2D eigenvalue weighted by Gasteiger charge is 1.92.